The second-order valence-electron chi connectivity index (χ2n) is 38.8. The standard InChI is InChI=1S/2C46H33N3.C42H31N3/c1-46(2)40-27-34(21-23-38(40)39-24-20-30-12-9-10-19-37(30)44(39)46)33-17-11-18-35(26-33)43-28-42(32-15-7-4-8-16-32)48-45(49-43)36-22-25-41(47-29-36)31-13-5-3-6-14-31;1-46(2)40-22-20-32-9-6-7-14-38(32)44(40)39-21-19-36(28-41(39)46)35-12-8-13-37(27-35)43-29-42(33-10-4-3-5-11-33)48-45(49-43)34-17-15-30(16-18-34)31-23-25-47-26-24-31;1-42(2)36-16-7-6-15-34(36)35-26-32(22-23-37(35)42)31-13-10-14-33(25-31)40-27-39(28-11-4-3-5-12-28)44-41(45-40)30-20-18-29(19-21-30)38-17-8-9-24-43-38/h2*3-29H,1-2H3;3-27H,1-2H3. The molecule has 0 amide bonds. The molecule has 143 heavy (non-hydrogen) atoms. The Hall–Kier alpha value is -18.1. The summed E-state index contributed by atoms with van der Waals surface area (Å²) in [4.78, 5) is 43.9. The van der Waals surface area contributed by atoms with Gasteiger partial charge < -0.3 is 0 Å². The molecule has 9 nitrogen and oxygen atoms in total. The normalized spacial score (nSPS) is 12.9. The third-order valence-electron chi connectivity index (χ3n) is 28.9. The fourth-order valence-corrected chi connectivity index (χ4v) is 21.4. The van der Waals surface area contributed by atoms with E-state index in [-0.39, 0.29) is 16.2 Å². The highest BCUT2D eigenvalue weighted by atomic mass is 14.9. The second-order valence-corrected chi connectivity index (χ2v) is 38.8. The summed E-state index contributed by atoms with van der Waals surface area (Å²) < 4.78 is 0. The summed E-state index contributed by atoms with van der Waals surface area (Å²) in [6, 6.07) is 161. The van der Waals surface area contributed by atoms with Crippen LogP contribution in [0.25, 0.3) is 224 Å². The minimum atomic E-state index is -0.116. The maximum Gasteiger partial charge on any atom is 0.161 e. The van der Waals surface area contributed by atoms with E-state index in [0.29, 0.717) is 17.5 Å². The van der Waals surface area contributed by atoms with E-state index in [1.807, 2.05) is 122 Å². The molecule has 0 spiro atoms. The average Bonchev–Trinajstić information content (AvgIpc) is 1.57. The summed E-state index contributed by atoms with van der Waals surface area (Å²) >= 11 is 0. The fourth-order valence-electron chi connectivity index (χ4n) is 21.4. The minimum Gasteiger partial charge on any atom is -0.265 e. The lowest BCUT2D eigenvalue weighted by molar-refractivity contribution is 0.660. The van der Waals surface area contributed by atoms with Crippen molar-refractivity contribution in [3.8, 4) is 202 Å². The molecule has 0 fully saturated rings. The highest BCUT2D eigenvalue weighted by Gasteiger charge is 2.40. The van der Waals surface area contributed by atoms with E-state index in [1.165, 1.54) is 116 Å². The number of fused-ring (bicyclic) bond motifs is 13. The molecule has 678 valence electrons. The van der Waals surface area contributed by atoms with Gasteiger partial charge in [-0.05, 0) is 224 Å². The summed E-state index contributed by atoms with van der Waals surface area (Å²) in [7, 11) is 0. The highest BCUT2D eigenvalue weighted by Crippen LogP contribution is 2.56. The maximum absolute atomic E-state index is 5.15. The molecule has 0 saturated carbocycles. The molecular formula is C134H97N9. The van der Waals surface area contributed by atoms with Crippen LogP contribution in [0.4, 0.5) is 0 Å². The van der Waals surface area contributed by atoms with Crippen molar-refractivity contribution in [1.82, 2.24) is 44.9 Å². The Morgan fingerprint density at radius 2 is 0.517 bits per heavy atom. The van der Waals surface area contributed by atoms with E-state index in [1.54, 1.807) is 0 Å². The van der Waals surface area contributed by atoms with Gasteiger partial charge in [-0.3, -0.25) is 15.0 Å². The second kappa shape index (κ2) is 36.7. The van der Waals surface area contributed by atoms with Crippen LogP contribution >= 0.6 is 0 Å². The third-order valence-corrected chi connectivity index (χ3v) is 28.9. The van der Waals surface area contributed by atoms with Crippen LogP contribution in [0.3, 0.4) is 0 Å². The van der Waals surface area contributed by atoms with E-state index in [0.717, 1.165) is 123 Å². The van der Waals surface area contributed by atoms with Gasteiger partial charge in [-0.1, -0.05) is 406 Å². The van der Waals surface area contributed by atoms with E-state index in [4.69, 9.17) is 34.9 Å². The maximum atomic E-state index is 5.15. The third kappa shape index (κ3) is 16.7. The molecule has 26 rings (SSSR count). The van der Waals surface area contributed by atoms with Crippen LogP contribution in [0.2, 0.25) is 0 Å². The minimum absolute atomic E-state index is 0.00663. The zero-order valence-corrected chi connectivity index (χ0v) is 80.1. The Kier molecular flexibility index (Phi) is 22.5. The van der Waals surface area contributed by atoms with Gasteiger partial charge in [-0.25, -0.2) is 29.9 Å². The molecule has 3 aliphatic rings. The SMILES string of the molecule is CC1(C)c2cc(-c3cccc(-c4cc(-c5ccccc5)nc(-c5ccc(-c6ccccc6)nc5)n4)c3)ccc2-c2ccc3ccccc3c21.CC1(C)c2cc(-c3cccc(-c4cc(-c5ccccc5)nc(-c5ccc(-c6ccncc6)cc5)n4)c3)ccc2-c2c1ccc1ccccc21.CC1(C)c2ccccc2-c2cc(-c3cccc(-c4cc(-c5ccccc5)nc(-c5ccc(-c6ccccn6)cc5)n4)c3)ccc21. The molecule has 17 aromatic carbocycles. The average molecular weight is 1830 g/mol. The predicted octanol–water partition coefficient (Wildman–Crippen LogP) is 33.8. The summed E-state index contributed by atoms with van der Waals surface area (Å²) in [5.74, 6) is 2.05. The lowest BCUT2D eigenvalue weighted by atomic mass is 9.79. The van der Waals surface area contributed by atoms with E-state index in [9.17, 15) is 0 Å². The Morgan fingerprint density at radius 3 is 1.05 bits per heavy atom. The van der Waals surface area contributed by atoms with Crippen molar-refractivity contribution >= 4 is 21.5 Å². The molecule has 0 radical (unpaired) electrons. The topological polar surface area (TPSA) is 116 Å². The summed E-state index contributed by atoms with van der Waals surface area (Å²) in [5, 5.41) is 5.23. The molecule has 23 aromatic rings. The fraction of sp³-hybridized carbons (Fsp3) is 0.0672. The quantitative estimate of drug-likeness (QED) is 0.0989. The molecule has 0 N–H and O–H groups in total. The molecule has 0 aliphatic heterocycles. The zero-order chi connectivity index (χ0) is 96.3. The van der Waals surface area contributed by atoms with Crippen molar-refractivity contribution in [2.45, 2.75) is 57.8 Å². The summed E-state index contributed by atoms with van der Waals surface area (Å²) in [6.45, 7) is 14.1. The largest absolute Gasteiger partial charge is 0.265 e. The predicted molar refractivity (Wildman–Crippen MR) is 589 cm³/mol. The Bertz CT molecular complexity index is 8790. The Labute approximate surface area is 833 Å². The smallest absolute Gasteiger partial charge is 0.161 e. The van der Waals surface area contributed by atoms with Crippen LogP contribution in [-0.4, -0.2) is 44.9 Å². The van der Waals surface area contributed by atoms with Crippen molar-refractivity contribution in [1.29, 1.82) is 0 Å². The van der Waals surface area contributed by atoms with Gasteiger partial charge in [0.2, 0.25) is 0 Å². The van der Waals surface area contributed by atoms with E-state index in [2.05, 4.69) is 409 Å². The van der Waals surface area contributed by atoms with Gasteiger partial charge >= 0.3 is 0 Å². The number of hydrogen-bond donors (Lipinski definition) is 0. The lowest BCUT2D eigenvalue weighted by Crippen LogP contribution is -2.15. The van der Waals surface area contributed by atoms with E-state index >= 15 is 0 Å². The first-order valence-corrected chi connectivity index (χ1v) is 48.9. The molecule has 6 aromatic heterocycles. The number of rotatable bonds is 15. The van der Waals surface area contributed by atoms with Gasteiger partial charge in [0.25, 0.3) is 0 Å². The molecule has 3 aliphatic carbocycles. The number of aromatic nitrogens is 9. The molecule has 6 heterocycles. The van der Waals surface area contributed by atoms with Gasteiger partial charge in [0.1, 0.15) is 0 Å². The van der Waals surface area contributed by atoms with Crippen molar-refractivity contribution < 1.29 is 0 Å². The first kappa shape index (κ1) is 87.7. The molecule has 0 unspecified atom stereocenters. The van der Waals surface area contributed by atoms with Crippen LogP contribution in [-0.2, 0) is 16.2 Å². The van der Waals surface area contributed by atoms with E-state index < -0.39 is 0 Å². The van der Waals surface area contributed by atoms with Crippen LogP contribution in [0.5, 0.6) is 0 Å². The van der Waals surface area contributed by atoms with Crippen LogP contribution in [0, 0.1) is 0 Å². The van der Waals surface area contributed by atoms with Crippen LogP contribution < -0.4 is 0 Å². The van der Waals surface area contributed by atoms with Gasteiger partial charge in [0, 0.05) is 102 Å². The number of pyridine rings is 3. The highest BCUT2D eigenvalue weighted by molar-refractivity contribution is 6.04. The van der Waals surface area contributed by atoms with Crippen molar-refractivity contribution in [2.75, 3.05) is 0 Å². The number of benzene rings is 17. The molecule has 0 atom stereocenters. The molecule has 9 heteroatoms. The first-order chi connectivity index (χ1) is 70.1. The Morgan fingerprint density at radius 1 is 0.168 bits per heavy atom. The Balaban J connectivity index is 0.000000116. The van der Waals surface area contributed by atoms with Crippen molar-refractivity contribution in [3.05, 3.63) is 513 Å². The monoisotopic (exact) mass is 1830 g/mol. The molecule has 0 saturated heterocycles. The lowest BCUT2D eigenvalue weighted by Gasteiger charge is -2.23. The van der Waals surface area contributed by atoms with Gasteiger partial charge in [0.05, 0.1) is 45.6 Å². The first-order valence-electron chi connectivity index (χ1n) is 48.9. The number of hydrogen-bond acceptors (Lipinski definition) is 9. The summed E-state index contributed by atoms with van der Waals surface area (Å²) in [5.41, 5.74) is 43.9. The van der Waals surface area contributed by atoms with Gasteiger partial charge in [0.15, 0.2) is 17.5 Å². The number of nitrogens with zero attached hydrogens (tertiary/aromatic N) is 9. The summed E-state index contributed by atoms with van der Waals surface area (Å²) in [6.07, 6.45) is 7.33. The van der Waals surface area contributed by atoms with Gasteiger partial charge in [-0.15, -0.1) is 0 Å². The van der Waals surface area contributed by atoms with Crippen LogP contribution in [0.15, 0.2) is 480 Å². The zero-order valence-electron chi connectivity index (χ0n) is 80.1. The van der Waals surface area contributed by atoms with Crippen molar-refractivity contribution in [2.24, 2.45) is 0 Å². The molecule has 0 bridgehead atoms. The van der Waals surface area contributed by atoms with Crippen LogP contribution in [0.1, 0.15) is 74.9 Å². The van der Waals surface area contributed by atoms with Crippen molar-refractivity contribution in [3.63, 3.8) is 0 Å². The molecular weight excluding hydrogens is 1740 g/mol. The van der Waals surface area contributed by atoms with Gasteiger partial charge in [-0.2, -0.15) is 0 Å².